The lowest BCUT2D eigenvalue weighted by Gasteiger charge is -2.29. The van der Waals surface area contributed by atoms with Gasteiger partial charge in [0, 0.05) is 24.0 Å². The molecule has 2 aromatic rings. The average Bonchev–Trinajstić information content (AvgIpc) is 2.69. The predicted octanol–water partition coefficient (Wildman–Crippen LogP) is 4.88. The van der Waals surface area contributed by atoms with Crippen LogP contribution < -0.4 is 5.32 Å². The van der Waals surface area contributed by atoms with Gasteiger partial charge in [0.1, 0.15) is 6.04 Å². The van der Waals surface area contributed by atoms with Crippen LogP contribution in [0, 0.1) is 12.8 Å². The van der Waals surface area contributed by atoms with Gasteiger partial charge in [-0.15, -0.1) is 0 Å². The predicted molar refractivity (Wildman–Crippen MR) is 122 cm³/mol. The van der Waals surface area contributed by atoms with E-state index in [0.717, 1.165) is 15.6 Å². The smallest absolute Gasteiger partial charge is 0.242 e. The molecule has 0 unspecified atom stereocenters. The highest BCUT2D eigenvalue weighted by molar-refractivity contribution is 9.10. The van der Waals surface area contributed by atoms with Gasteiger partial charge in [0.05, 0.1) is 0 Å². The molecule has 0 radical (unpaired) electrons. The van der Waals surface area contributed by atoms with Crippen molar-refractivity contribution in [2.24, 2.45) is 5.92 Å². The van der Waals surface area contributed by atoms with Crippen molar-refractivity contribution in [3.8, 4) is 0 Å². The van der Waals surface area contributed by atoms with Gasteiger partial charge >= 0.3 is 0 Å². The van der Waals surface area contributed by atoms with Crippen LogP contribution in [-0.4, -0.2) is 29.3 Å². The number of hydrogen-bond acceptors (Lipinski definition) is 2. The number of carbonyl (C=O) groups is 2. The van der Waals surface area contributed by atoms with Crippen LogP contribution in [0.3, 0.4) is 0 Å². The van der Waals surface area contributed by atoms with Crippen LogP contribution in [0.25, 0.3) is 0 Å². The normalized spacial score (nSPS) is 11.9. The van der Waals surface area contributed by atoms with Gasteiger partial charge in [-0.25, -0.2) is 0 Å². The first-order chi connectivity index (χ1) is 13.8. The number of nitrogens with zero attached hydrogens (tertiary/aromatic N) is 1. The van der Waals surface area contributed by atoms with Crippen LogP contribution in [0.1, 0.15) is 43.9 Å². The van der Waals surface area contributed by atoms with Crippen molar-refractivity contribution in [3.63, 3.8) is 0 Å². The Morgan fingerprint density at radius 2 is 1.72 bits per heavy atom. The molecule has 0 heterocycles. The molecule has 2 amide bonds. The largest absolute Gasteiger partial charge is 0.354 e. The monoisotopic (exact) mass is 458 g/mol. The van der Waals surface area contributed by atoms with Gasteiger partial charge in [-0.2, -0.15) is 0 Å². The van der Waals surface area contributed by atoms with Gasteiger partial charge in [0.15, 0.2) is 0 Å². The van der Waals surface area contributed by atoms with Crippen LogP contribution in [0.2, 0.25) is 0 Å². The molecule has 2 rings (SSSR count). The van der Waals surface area contributed by atoms with Crippen molar-refractivity contribution in [1.82, 2.24) is 10.2 Å². The summed E-state index contributed by atoms with van der Waals surface area (Å²) in [5.74, 6) is 0.233. The summed E-state index contributed by atoms with van der Waals surface area (Å²) < 4.78 is 0.957. The topological polar surface area (TPSA) is 49.4 Å². The van der Waals surface area contributed by atoms with Gasteiger partial charge in [-0.3, -0.25) is 9.59 Å². The van der Waals surface area contributed by atoms with E-state index in [1.165, 1.54) is 5.56 Å². The maximum Gasteiger partial charge on any atom is 0.242 e. The Morgan fingerprint density at radius 3 is 2.34 bits per heavy atom. The fourth-order valence-corrected chi connectivity index (χ4v) is 3.46. The van der Waals surface area contributed by atoms with E-state index >= 15 is 0 Å². The van der Waals surface area contributed by atoms with Crippen molar-refractivity contribution < 1.29 is 9.59 Å². The molecule has 1 atom stereocenters. The van der Waals surface area contributed by atoms with E-state index < -0.39 is 6.04 Å². The molecule has 156 valence electrons. The molecule has 29 heavy (non-hydrogen) atoms. The van der Waals surface area contributed by atoms with Gasteiger partial charge in [0.2, 0.25) is 11.8 Å². The third-order valence-electron chi connectivity index (χ3n) is 4.84. The highest BCUT2D eigenvalue weighted by Crippen LogP contribution is 2.17. The SMILES string of the molecule is Cc1ccc(CCC(=O)N(Cc2cccc(Br)c2)[C@H](C)C(=O)NCC(C)C)cc1. The van der Waals surface area contributed by atoms with Crippen molar-refractivity contribution in [2.75, 3.05) is 6.54 Å². The summed E-state index contributed by atoms with van der Waals surface area (Å²) >= 11 is 3.48. The zero-order chi connectivity index (χ0) is 21.4. The van der Waals surface area contributed by atoms with E-state index in [1.807, 2.05) is 31.2 Å². The van der Waals surface area contributed by atoms with Gasteiger partial charge in [-0.05, 0) is 49.4 Å². The van der Waals surface area contributed by atoms with E-state index in [9.17, 15) is 9.59 Å². The first-order valence-electron chi connectivity index (χ1n) is 10.1. The lowest BCUT2D eigenvalue weighted by atomic mass is 10.1. The Bertz CT molecular complexity index is 818. The molecule has 0 saturated heterocycles. The fraction of sp³-hybridized carbons (Fsp3) is 0.417. The summed E-state index contributed by atoms with van der Waals surface area (Å²) in [5, 5.41) is 2.95. The fourth-order valence-electron chi connectivity index (χ4n) is 3.02. The Labute approximate surface area is 182 Å². The number of amides is 2. The van der Waals surface area contributed by atoms with Crippen LogP contribution in [0.5, 0.6) is 0 Å². The second kappa shape index (κ2) is 11.1. The number of benzene rings is 2. The number of aryl methyl sites for hydroxylation is 2. The van der Waals surface area contributed by atoms with E-state index in [-0.39, 0.29) is 11.8 Å². The molecule has 0 bridgehead atoms. The highest BCUT2D eigenvalue weighted by Gasteiger charge is 2.26. The Kier molecular flexibility index (Phi) is 8.90. The van der Waals surface area contributed by atoms with Crippen LogP contribution in [0.15, 0.2) is 53.0 Å². The minimum Gasteiger partial charge on any atom is -0.354 e. The number of halogens is 1. The van der Waals surface area contributed by atoms with Crippen LogP contribution in [0.4, 0.5) is 0 Å². The summed E-state index contributed by atoms with van der Waals surface area (Å²) in [5.41, 5.74) is 3.32. The second-order valence-electron chi connectivity index (χ2n) is 7.95. The molecule has 0 saturated carbocycles. The van der Waals surface area contributed by atoms with Gasteiger partial charge in [0.25, 0.3) is 0 Å². The quantitative estimate of drug-likeness (QED) is 0.581. The Morgan fingerprint density at radius 1 is 1.03 bits per heavy atom. The Hall–Kier alpha value is -2.14. The molecule has 0 spiro atoms. The molecular weight excluding hydrogens is 428 g/mol. The second-order valence-corrected chi connectivity index (χ2v) is 8.87. The van der Waals surface area contributed by atoms with Crippen molar-refractivity contribution >= 4 is 27.7 Å². The average molecular weight is 459 g/mol. The third-order valence-corrected chi connectivity index (χ3v) is 5.34. The minimum absolute atomic E-state index is 0.0160. The number of rotatable bonds is 9. The summed E-state index contributed by atoms with van der Waals surface area (Å²) in [6, 6.07) is 15.5. The summed E-state index contributed by atoms with van der Waals surface area (Å²) in [7, 11) is 0. The zero-order valence-electron chi connectivity index (χ0n) is 17.7. The molecule has 0 aliphatic rings. The maximum atomic E-state index is 13.1. The molecule has 2 aromatic carbocycles. The molecule has 0 aliphatic heterocycles. The van der Waals surface area contributed by atoms with Gasteiger partial charge < -0.3 is 10.2 Å². The molecule has 4 nitrogen and oxygen atoms in total. The van der Waals surface area contributed by atoms with Gasteiger partial charge in [-0.1, -0.05) is 71.7 Å². The molecule has 1 N–H and O–H groups in total. The van der Waals surface area contributed by atoms with E-state index in [2.05, 4.69) is 59.4 Å². The first-order valence-corrected chi connectivity index (χ1v) is 10.9. The van der Waals surface area contributed by atoms with Crippen molar-refractivity contribution in [1.29, 1.82) is 0 Å². The molecule has 0 aromatic heterocycles. The minimum atomic E-state index is -0.529. The van der Waals surface area contributed by atoms with Crippen LogP contribution in [-0.2, 0) is 22.6 Å². The number of nitrogens with one attached hydrogen (secondary N) is 1. The summed E-state index contributed by atoms with van der Waals surface area (Å²) in [4.78, 5) is 27.4. The lowest BCUT2D eigenvalue weighted by Crippen LogP contribution is -2.48. The highest BCUT2D eigenvalue weighted by atomic mass is 79.9. The zero-order valence-corrected chi connectivity index (χ0v) is 19.3. The molecule has 0 fully saturated rings. The Balaban J connectivity index is 2.12. The molecule has 0 aliphatic carbocycles. The van der Waals surface area contributed by atoms with E-state index in [1.54, 1.807) is 11.8 Å². The van der Waals surface area contributed by atoms with Crippen molar-refractivity contribution in [2.45, 2.75) is 53.1 Å². The molecule has 5 heteroatoms. The van der Waals surface area contributed by atoms with Crippen molar-refractivity contribution in [3.05, 3.63) is 69.7 Å². The molecular formula is C24H31BrN2O2. The maximum absolute atomic E-state index is 13.1. The third kappa shape index (κ3) is 7.65. The summed E-state index contributed by atoms with van der Waals surface area (Å²) in [6.07, 6.45) is 1.04. The van der Waals surface area contributed by atoms with E-state index in [0.29, 0.717) is 31.8 Å². The number of hydrogen-bond donors (Lipinski definition) is 1. The lowest BCUT2D eigenvalue weighted by molar-refractivity contribution is -0.140. The van der Waals surface area contributed by atoms with E-state index in [4.69, 9.17) is 0 Å². The standard InChI is InChI=1S/C24H31BrN2O2/c1-17(2)15-26-24(29)19(4)27(16-21-6-5-7-22(25)14-21)23(28)13-12-20-10-8-18(3)9-11-20/h5-11,14,17,19H,12-13,15-16H2,1-4H3,(H,26,29)/t19-/m1/s1. The van der Waals surface area contributed by atoms with Crippen LogP contribution >= 0.6 is 15.9 Å². The number of carbonyl (C=O) groups excluding carboxylic acids is 2. The summed E-state index contributed by atoms with van der Waals surface area (Å²) in [6.45, 7) is 8.96. The first kappa shape index (κ1) is 23.1.